The second kappa shape index (κ2) is 12.3. The molecule has 0 fully saturated rings. The normalized spacial score (nSPS) is 11.1. The largest absolute Gasteiger partial charge is 0.486 e. The number of ether oxygens (including phenoxy) is 2. The first-order chi connectivity index (χ1) is 17.1. The highest BCUT2D eigenvalue weighted by Crippen LogP contribution is 2.29. The quantitative estimate of drug-likeness (QED) is 0.344. The fourth-order valence-corrected chi connectivity index (χ4v) is 3.18. The predicted octanol–water partition coefficient (Wildman–Crippen LogP) is 4.66. The number of rotatable bonds is 8. The van der Waals surface area contributed by atoms with E-state index in [1.807, 2.05) is 72.8 Å². The van der Waals surface area contributed by atoms with Gasteiger partial charge in [-0.3, -0.25) is 0 Å². The Kier molecular flexibility index (Phi) is 9.20. The van der Waals surface area contributed by atoms with Crippen molar-refractivity contribution in [3.63, 3.8) is 0 Å². The van der Waals surface area contributed by atoms with E-state index < -0.39 is 0 Å². The lowest BCUT2D eigenvalue weighted by molar-refractivity contribution is -0.870. The molecule has 36 heavy (non-hydrogen) atoms. The summed E-state index contributed by atoms with van der Waals surface area (Å²) in [6, 6.07) is 23.9. The zero-order valence-electron chi connectivity index (χ0n) is 22.5. The molecule has 0 saturated carbocycles. The number of quaternary nitrogens is 2. The van der Waals surface area contributed by atoms with Crippen LogP contribution in [0.1, 0.15) is 22.3 Å². The van der Waals surface area contributed by atoms with E-state index in [-0.39, 0.29) is 0 Å². The minimum absolute atomic E-state index is 0.580. The van der Waals surface area contributed by atoms with Crippen LogP contribution in [0, 0.1) is 23.7 Å². The molecule has 0 spiro atoms. The third kappa shape index (κ3) is 9.51. The zero-order chi connectivity index (χ0) is 26.0. The van der Waals surface area contributed by atoms with Gasteiger partial charge in [-0.25, -0.2) is 0 Å². The molecule has 3 aromatic rings. The number of hydrogen-bond donors (Lipinski definition) is 0. The van der Waals surface area contributed by atoms with E-state index in [0.29, 0.717) is 13.2 Å². The maximum absolute atomic E-state index is 6.26. The molecule has 4 heteroatoms. The van der Waals surface area contributed by atoms with Crippen molar-refractivity contribution in [1.82, 2.24) is 0 Å². The lowest BCUT2D eigenvalue weighted by Gasteiger charge is -2.24. The Morgan fingerprint density at radius 3 is 1.28 bits per heavy atom. The molecule has 0 atom stereocenters. The van der Waals surface area contributed by atoms with Crippen LogP contribution in [0.5, 0.6) is 11.5 Å². The van der Waals surface area contributed by atoms with Crippen LogP contribution >= 0.6 is 0 Å². The lowest BCUT2D eigenvalue weighted by Crippen LogP contribution is -2.38. The van der Waals surface area contributed by atoms with E-state index in [0.717, 1.165) is 55.8 Å². The summed E-state index contributed by atoms with van der Waals surface area (Å²) in [5.41, 5.74) is 3.51. The smallest absolute Gasteiger partial charge is 0.139 e. The average molecular weight is 483 g/mol. The Hall–Kier alpha value is -3.70. The van der Waals surface area contributed by atoms with Crippen LogP contribution in [0.4, 0.5) is 0 Å². The topological polar surface area (TPSA) is 18.5 Å². The molecule has 0 heterocycles. The van der Waals surface area contributed by atoms with Gasteiger partial charge in [0.25, 0.3) is 0 Å². The van der Waals surface area contributed by atoms with Crippen LogP contribution in [-0.4, -0.2) is 77.6 Å². The standard InChI is InChI=1S/C32H38N2O2/c1-33(2,3)21-23-35-31-26-32(36-24-22-34(4,5)6)30(20-18-28-15-11-8-12-16-28)25-29(31)19-17-27-13-9-7-10-14-27/h7-16,25-26H,21-24H2,1-6H3/q+2. The first-order valence-corrected chi connectivity index (χ1v) is 12.3. The Labute approximate surface area is 217 Å². The van der Waals surface area contributed by atoms with E-state index in [1.54, 1.807) is 0 Å². The van der Waals surface area contributed by atoms with Gasteiger partial charge in [0.05, 0.1) is 53.4 Å². The van der Waals surface area contributed by atoms with Crippen LogP contribution in [0.25, 0.3) is 0 Å². The van der Waals surface area contributed by atoms with E-state index in [9.17, 15) is 0 Å². The molecule has 0 saturated heterocycles. The second-order valence-electron chi connectivity index (χ2n) is 10.8. The van der Waals surface area contributed by atoms with Crippen molar-refractivity contribution in [3.8, 4) is 35.2 Å². The zero-order valence-corrected chi connectivity index (χ0v) is 22.5. The molecule has 3 aromatic carbocycles. The van der Waals surface area contributed by atoms with E-state index in [2.05, 4.69) is 66.0 Å². The minimum atomic E-state index is 0.580. The molecule has 0 unspecified atom stereocenters. The van der Waals surface area contributed by atoms with Crippen molar-refractivity contribution in [2.75, 3.05) is 68.6 Å². The molecule has 0 aromatic heterocycles. The highest BCUT2D eigenvalue weighted by atomic mass is 16.5. The van der Waals surface area contributed by atoms with Crippen molar-refractivity contribution in [3.05, 3.63) is 95.1 Å². The van der Waals surface area contributed by atoms with Gasteiger partial charge in [0.2, 0.25) is 0 Å². The third-order valence-corrected chi connectivity index (χ3v) is 5.35. The molecule has 0 radical (unpaired) electrons. The Morgan fingerprint density at radius 1 is 0.528 bits per heavy atom. The fraction of sp³-hybridized carbons (Fsp3) is 0.312. The maximum atomic E-state index is 6.26. The predicted molar refractivity (Wildman–Crippen MR) is 148 cm³/mol. The SMILES string of the molecule is C[N+](C)(C)CCOc1cc(OCC[N+](C)(C)C)c(C#Cc2ccccc2)cc1C#Cc1ccccc1. The molecule has 0 bridgehead atoms. The van der Waals surface area contributed by atoms with Crippen LogP contribution < -0.4 is 9.47 Å². The molecule has 0 aliphatic heterocycles. The Bertz CT molecular complexity index is 1150. The van der Waals surface area contributed by atoms with Gasteiger partial charge >= 0.3 is 0 Å². The molecule has 0 aliphatic rings. The van der Waals surface area contributed by atoms with Gasteiger partial charge in [-0.05, 0) is 30.3 Å². The van der Waals surface area contributed by atoms with Crippen molar-refractivity contribution >= 4 is 0 Å². The lowest BCUT2D eigenvalue weighted by atomic mass is 10.1. The summed E-state index contributed by atoms with van der Waals surface area (Å²) in [5, 5.41) is 0. The number of nitrogens with zero attached hydrogens (tertiary/aromatic N) is 2. The summed E-state index contributed by atoms with van der Waals surface area (Å²) in [6.07, 6.45) is 0. The summed E-state index contributed by atoms with van der Waals surface area (Å²) in [5.74, 6) is 14.6. The minimum Gasteiger partial charge on any atom is -0.486 e. The van der Waals surface area contributed by atoms with Gasteiger partial charge in [0.1, 0.15) is 37.8 Å². The molecule has 4 nitrogen and oxygen atoms in total. The van der Waals surface area contributed by atoms with Gasteiger partial charge in [-0.2, -0.15) is 0 Å². The highest BCUT2D eigenvalue weighted by Gasteiger charge is 2.14. The van der Waals surface area contributed by atoms with Gasteiger partial charge in [-0.1, -0.05) is 60.1 Å². The second-order valence-corrected chi connectivity index (χ2v) is 10.8. The monoisotopic (exact) mass is 482 g/mol. The molecule has 0 aliphatic carbocycles. The number of benzene rings is 3. The summed E-state index contributed by atoms with van der Waals surface area (Å²) in [7, 11) is 12.9. The molecule has 0 N–H and O–H groups in total. The van der Waals surface area contributed by atoms with Gasteiger partial charge in [-0.15, -0.1) is 0 Å². The van der Waals surface area contributed by atoms with Crippen LogP contribution in [0.15, 0.2) is 72.8 Å². The molecular formula is C32H38N2O2+2. The average Bonchev–Trinajstić information content (AvgIpc) is 2.82. The van der Waals surface area contributed by atoms with Crippen LogP contribution in [-0.2, 0) is 0 Å². The summed E-state index contributed by atoms with van der Waals surface area (Å²) < 4.78 is 14.2. The van der Waals surface area contributed by atoms with Crippen molar-refractivity contribution in [2.24, 2.45) is 0 Å². The first-order valence-electron chi connectivity index (χ1n) is 12.3. The van der Waals surface area contributed by atoms with E-state index >= 15 is 0 Å². The Morgan fingerprint density at radius 2 is 0.917 bits per heavy atom. The molecular weight excluding hydrogens is 444 g/mol. The Balaban J connectivity index is 2.02. The van der Waals surface area contributed by atoms with E-state index in [1.165, 1.54) is 0 Å². The van der Waals surface area contributed by atoms with Gasteiger partial charge < -0.3 is 18.4 Å². The summed E-state index contributed by atoms with van der Waals surface area (Å²) >= 11 is 0. The molecule has 3 rings (SSSR count). The van der Waals surface area contributed by atoms with Crippen molar-refractivity contribution < 1.29 is 18.4 Å². The van der Waals surface area contributed by atoms with Crippen LogP contribution in [0.3, 0.4) is 0 Å². The number of likely N-dealkylation sites (N-methyl/N-ethyl adjacent to an activating group) is 2. The molecule has 186 valence electrons. The van der Waals surface area contributed by atoms with Crippen molar-refractivity contribution in [2.45, 2.75) is 0 Å². The maximum Gasteiger partial charge on any atom is 0.139 e. The number of hydrogen-bond acceptors (Lipinski definition) is 2. The van der Waals surface area contributed by atoms with Crippen LogP contribution in [0.2, 0.25) is 0 Å². The van der Waals surface area contributed by atoms with E-state index in [4.69, 9.17) is 9.47 Å². The van der Waals surface area contributed by atoms with Gasteiger partial charge in [0.15, 0.2) is 0 Å². The van der Waals surface area contributed by atoms with Crippen molar-refractivity contribution in [1.29, 1.82) is 0 Å². The first kappa shape index (κ1) is 26.9. The highest BCUT2D eigenvalue weighted by molar-refractivity contribution is 5.60. The fourth-order valence-electron chi connectivity index (χ4n) is 3.18. The summed E-state index contributed by atoms with van der Waals surface area (Å²) in [6.45, 7) is 2.91. The third-order valence-electron chi connectivity index (χ3n) is 5.35. The summed E-state index contributed by atoms with van der Waals surface area (Å²) in [4.78, 5) is 0. The molecule has 0 amide bonds. The van der Waals surface area contributed by atoms with Gasteiger partial charge in [0, 0.05) is 17.2 Å².